The maximum Gasteiger partial charge on any atom is 0.233 e. The molecule has 0 spiro atoms. The molecule has 2 fully saturated rings. The van der Waals surface area contributed by atoms with Crippen molar-refractivity contribution in [2.45, 2.75) is 39.0 Å². The Labute approximate surface area is 208 Å². The fraction of sp³-hybridized carbons (Fsp3) is 0.560. The van der Waals surface area contributed by atoms with Crippen LogP contribution in [0.2, 0.25) is 0 Å². The fourth-order valence-corrected chi connectivity index (χ4v) is 5.58. The van der Waals surface area contributed by atoms with Crippen LogP contribution in [0.15, 0.2) is 41.4 Å². The number of hydrogen-bond donors (Lipinski definition) is 2. The van der Waals surface area contributed by atoms with Gasteiger partial charge in [-0.25, -0.2) is 0 Å². The van der Waals surface area contributed by atoms with Gasteiger partial charge in [-0.05, 0) is 42.7 Å². The molecule has 3 aliphatic rings. The van der Waals surface area contributed by atoms with Gasteiger partial charge in [-0.3, -0.25) is 19.5 Å². The first-order valence-electron chi connectivity index (χ1n) is 11.4. The molecule has 0 radical (unpaired) electrons. The molecule has 1 aromatic rings. The first-order chi connectivity index (χ1) is 14.8. The summed E-state index contributed by atoms with van der Waals surface area (Å²) in [7, 11) is 1.76. The number of likely N-dealkylation sites (tertiary alicyclic amines) is 1. The van der Waals surface area contributed by atoms with Crippen LogP contribution in [0.4, 0.5) is 0 Å². The number of imide groups is 1. The van der Waals surface area contributed by atoms with Gasteiger partial charge >= 0.3 is 0 Å². The highest BCUT2D eigenvalue weighted by Crippen LogP contribution is 2.52. The van der Waals surface area contributed by atoms with Crippen LogP contribution in [0, 0.1) is 30.6 Å². The van der Waals surface area contributed by atoms with Crippen molar-refractivity contribution in [2.75, 3.05) is 26.7 Å². The number of nitrogens with one attached hydrogen (secondary N) is 2. The van der Waals surface area contributed by atoms with Crippen molar-refractivity contribution in [2.24, 2.45) is 28.7 Å². The molecular formula is C25H35IN4O2. The van der Waals surface area contributed by atoms with E-state index >= 15 is 0 Å². The number of aliphatic imine (C=N–C) groups is 1. The summed E-state index contributed by atoms with van der Waals surface area (Å²) in [6.07, 6.45) is 5.96. The number of hydrogen-bond acceptors (Lipinski definition) is 3. The number of guanidine groups is 1. The summed E-state index contributed by atoms with van der Waals surface area (Å²) in [5.41, 5.74) is 2.56. The maximum absolute atomic E-state index is 12.8. The van der Waals surface area contributed by atoms with E-state index < -0.39 is 0 Å². The van der Waals surface area contributed by atoms with Crippen LogP contribution in [0.3, 0.4) is 0 Å². The zero-order valence-corrected chi connectivity index (χ0v) is 21.8. The standard InChI is InChI=1S/C25H34N4O2.HI/c1-16-8-5-6-9-19(16)25(2,3)15-28-24(26-4)27-12-7-13-29-22(30)20-17-10-11-18(14-17)21(20)23(29)31;/h5-6,8-11,17-18,20-21H,7,12-15H2,1-4H3,(H2,26,27,28);1H. The van der Waals surface area contributed by atoms with E-state index in [4.69, 9.17) is 0 Å². The second-order valence-electron chi connectivity index (χ2n) is 9.73. The van der Waals surface area contributed by atoms with E-state index in [-0.39, 0.29) is 64.9 Å². The molecule has 4 atom stereocenters. The van der Waals surface area contributed by atoms with E-state index in [1.54, 1.807) is 7.05 Å². The Morgan fingerprint density at radius 1 is 1.09 bits per heavy atom. The largest absolute Gasteiger partial charge is 0.356 e. The molecule has 174 valence electrons. The minimum absolute atomic E-state index is 0. The first-order valence-corrected chi connectivity index (χ1v) is 11.4. The molecule has 4 unspecified atom stereocenters. The lowest BCUT2D eigenvalue weighted by Crippen LogP contribution is -2.44. The van der Waals surface area contributed by atoms with Crippen molar-refractivity contribution in [3.8, 4) is 0 Å². The number of amides is 2. The molecule has 1 aromatic carbocycles. The molecule has 6 nitrogen and oxygen atoms in total. The summed E-state index contributed by atoms with van der Waals surface area (Å²) < 4.78 is 0. The molecule has 32 heavy (non-hydrogen) atoms. The van der Waals surface area contributed by atoms with E-state index in [9.17, 15) is 9.59 Å². The molecule has 2 bridgehead atoms. The van der Waals surface area contributed by atoms with Gasteiger partial charge in [-0.1, -0.05) is 50.3 Å². The lowest BCUT2D eigenvalue weighted by molar-refractivity contribution is -0.140. The smallest absolute Gasteiger partial charge is 0.233 e. The summed E-state index contributed by atoms with van der Waals surface area (Å²) in [4.78, 5) is 31.3. The van der Waals surface area contributed by atoms with E-state index in [0.717, 1.165) is 18.9 Å². The van der Waals surface area contributed by atoms with Gasteiger partial charge in [0, 0.05) is 32.1 Å². The molecule has 1 heterocycles. The molecule has 4 rings (SSSR count). The highest BCUT2D eigenvalue weighted by atomic mass is 127. The van der Waals surface area contributed by atoms with Gasteiger partial charge in [0.15, 0.2) is 5.96 Å². The Balaban J connectivity index is 0.00000289. The first kappa shape index (κ1) is 24.7. The quantitative estimate of drug-likeness (QED) is 0.137. The SMILES string of the molecule is CN=C(NCCCN1C(=O)C2C3C=CC(C3)C2C1=O)NCC(C)(C)c1ccccc1C.I. The number of allylic oxidation sites excluding steroid dienone is 2. The van der Waals surface area contributed by atoms with Crippen molar-refractivity contribution >= 4 is 41.8 Å². The minimum Gasteiger partial charge on any atom is -0.356 e. The second kappa shape index (κ2) is 9.93. The Bertz CT molecular complexity index is 896. The number of rotatable bonds is 7. The molecule has 2 N–H and O–H groups in total. The number of halogens is 1. The summed E-state index contributed by atoms with van der Waals surface area (Å²) in [5.74, 6) is 1.15. The van der Waals surface area contributed by atoms with E-state index in [1.165, 1.54) is 16.0 Å². The predicted molar refractivity (Wildman–Crippen MR) is 138 cm³/mol. The molecule has 2 amide bonds. The summed E-state index contributed by atoms with van der Waals surface area (Å²) in [6.45, 7) is 8.46. The van der Waals surface area contributed by atoms with Gasteiger partial charge in [0.1, 0.15) is 0 Å². The zero-order chi connectivity index (χ0) is 22.2. The molecule has 2 aliphatic carbocycles. The summed E-state index contributed by atoms with van der Waals surface area (Å²) in [5, 5.41) is 6.74. The van der Waals surface area contributed by atoms with Crippen molar-refractivity contribution in [1.82, 2.24) is 15.5 Å². The third-order valence-electron chi connectivity index (χ3n) is 7.21. The van der Waals surface area contributed by atoms with Gasteiger partial charge < -0.3 is 10.6 Å². The Morgan fingerprint density at radius 3 is 2.31 bits per heavy atom. The molecular weight excluding hydrogens is 515 g/mol. The summed E-state index contributed by atoms with van der Waals surface area (Å²) in [6, 6.07) is 8.45. The van der Waals surface area contributed by atoms with Crippen LogP contribution >= 0.6 is 24.0 Å². The third-order valence-corrected chi connectivity index (χ3v) is 7.21. The zero-order valence-electron chi connectivity index (χ0n) is 19.4. The van der Waals surface area contributed by atoms with Crippen LogP contribution in [-0.2, 0) is 15.0 Å². The van der Waals surface area contributed by atoms with Crippen LogP contribution in [0.25, 0.3) is 0 Å². The molecule has 7 heteroatoms. The third kappa shape index (κ3) is 4.58. The average molecular weight is 550 g/mol. The fourth-order valence-electron chi connectivity index (χ4n) is 5.58. The number of nitrogens with zero attached hydrogens (tertiary/aromatic N) is 2. The van der Waals surface area contributed by atoms with Gasteiger partial charge in [0.2, 0.25) is 11.8 Å². The predicted octanol–water partition coefficient (Wildman–Crippen LogP) is 3.25. The van der Waals surface area contributed by atoms with Gasteiger partial charge in [0.05, 0.1) is 11.8 Å². The highest BCUT2D eigenvalue weighted by molar-refractivity contribution is 14.0. The van der Waals surface area contributed by atoms with E-state index in [2.05, 4.69) is 72.8 Å². The van der Waals surface area contributed by atoms with Crippen LogP contribution in [0.5, 0.6) is 0 Å². The molecule has 1 saturated heterocycles. The molecule has 1 saturated carbocycles. The van der Waals surface area contributed by atoms with Gasteiger partial charge in [-0.2, -0.15) is 0 Å². The Morgan fingerprint density at radius 2 is 1.72 bits per heavy atom. The lowest BCUT2D eigenvalue weighted by Gasteiger charge is -2.28. The van der Waals surface area contributed by atoms with Crippen molar-refractivity contribution in [1.29, 1.82) is 0 Å². The minimum atomic E-state index is -0.103. The topological polar surface area (TPSA) is 73.8 Å². The maximum atomic E-state index is 12.8. The van der Waals surface area contributed by atoms with Crippen LogP contribution in [0.1, 0.15) is 37.8 Å². The summed E-state index contributed by atoms with van der Waals surface area (Å²) >= 11 is 0. The Hall–Kier alpha value is -1.90. The number of carbonyl (C=O) groups is 2. The number of benzene rings is 1. The second-order valence-corrected chi connectivity index (χ2v) is 9.73. The number of fused-ring (bicyclic) bond motifs is 5. The van der Waals surface area contributed by atoms with Crippen LogP contribution < -0.4 is 10.6 Å². The number of aryl methyl sites for hydroxylation is 1. The Kier molecular flexibility index (Phi) is 7.68. The normalized spacial score (nSPS) is 26.4. The number of carbonyl (C=O) groups excluding carboxylic acids is 2. The highest BCUT2D eigenvalue weighted by Gasteiger charge is 2.58. The molecule has 1 aliphatic heterocycles. The van der Waals surface area contributed by atoms with Crippen molar-refractivity contribution in [3.05, 3.63) is 47.5 Å². The van der Waals surface area contributed by atoms with Crippen LogP contribution in [-0.4, -0.2) is 49.4 Å². The van der Waals surface area contributed by atoms with Crippen molar-refractivity contribution in [3.63, 3.8) is 0 Å². The average Bonchev–Trinajstić information content (AvgIpc) is 3.42. The van der Waals surface area contributed by atoms with Gasteiger partial charge in [-0.15, -0.1) is 24.0 Å². The van der Waals surface area contributed by atoms with Crippen molar-refractivity contribution < 1.29 is 9.59 Å². The monoisotopic (exact) mass is 550 g/mol. The van der Waals surface area contributed by atoms with E-state index in [0.29, 0.717) is 19.5 Å². The molecule has 0 aromatic heterocycles. The lowest BCUT2D eigenvalue weighted by atomic mass is 9.82. The van der Waals surface area contributed by atoms with E-state index in [1.807, 2.05) is 0 Å². The van der Waals surface area contributed by atoms with Gasteiger partial charge in [0.25, 0.3) is 0 Å².